The molecule has 1 N–H and O–H groups in total. The molecule has 1 saturated heterocycles. The maximum absolute atomic E-state index is 13.0. The zero-order valence-corrected chi connectivity index (χ0v) is 16.6. The summed E-state index contributed by atoms with van der Waals surface area (Å²) in [5.74, 6) is 0.364. The Morgan fingerprint density at radius 3 is 2.71 bits per heavy atom. The van der Waals surface area contributed by atoms with Crippen LogP contribution in [0.25, 0.3) is 11.3 Å². The van der Waals surface area contributed by atoms with E-state index in [2.05, 4.69) is 26.8 Å². The number of carbonyl (C=O) groups excluding carboxylic acids is 1. The van der Waals surface area contributed by atoms with E-state index in [1.165, 1.54) is 4.88 Å². The van der Waals surface area contributed by atoms with Crippen LogP contribution in [0.3, 0.4) is 0 Å². The van der Waals surface area contributed by atoms with E-state index in [0.717, 1.165) is 31.9 Å². The van der Waals surface area contributed by atoms with Gasteiger partial charge in [-0.25, -0.2) is 0 Å². The second kappa shape index (κ2) is 8.68. The molecule has 0 spiro atoms. The van der Waals surface area contributed by atoms with Crippen molar-refractivity contribution in [3.8, 4) is 11.3 Å². The van der Waals surface area contributed by atoms with E-state index in [1.807, 2.05) is 36.4 Å². The van der Waals surface area contributed by atoms with Gasteiger partial charge in [0.05, 0.1) is 19.3 Å². The first-order valence-corrected chi connectivity index (χ1v) is 10.3. The number of ether oxygens (including phenoxy) is 1. The largest absolute Gasteiger partial charge is 0.379 e. The van der Waals surface area contributed by atoms with Crippen LogP contribution in [0.15, 0.2) is 52.4 Å². The summed E-state index contributed by atoms with van der Waals surface area (Å²) in [6.45, 7) is 5.46. The monoisotopic (exact) mass is 397 g/mol. The van der Waals surface area contributed by atoms with Crippen molar-refractivity contribution >= 4 is 17.2 Å². The van der Waals surface area contributed by atoms with E-state index in [9.17, 15) is 4.79 Å². The molecule has 1 unspecified atom stereocenters. The number of nitrogens with one attached hydrogen (secondary N) is 1. The highest BCUT2D eigenvalue weighted by Crippen LogP contribution is 2.27. The summed E-state index contributed by atoms with van der Waals surface area (Å²) in [5, 5.41) is 9.29. The van der Waals surface area contributed by atoms with Crippen LogP contribution in [0.4, 0.5) is 0 Å². The zero-order chi connectivity index (χ0) is 19.3. The molecule has 146 valence electrons. The standard InChI is InChI=1S/C21H23N3O3S/c1-15-19(20(23-27-15)16-6-3-2-4-7-16)21(25)22-14-17(18-8-5-13-28-18)24-9-11-26-12-10-24/h2-8,13,17H,9-12,14H2,1H3,(H,22,25). The molecular weight excluding hydrogens is 374 g/mol. The van der Waals surface area contributed by atoms with Crippen molar-refractivity contribution in [2.24, 2.45) is 0 Å². The predicted octanol–water partition coefficient (Wildman–Crippen LogP) is 3.51. The first-order valence-electron chi connectivity index (χ1n) is 9.39. The maximum atomic E-state index is 13.0. The van der Waals surface area contributed by atoms with Gasteiger partial charge in [-0.2, -0.15) is 0 Å². The van der Waals surface area contributed by atoms with E-state index >= 15 is 0 Å². The van der Waals surface area contributed by atoms with Gasteiger partial charge in [0.15, 0.2) is 0 Å². The fourth-order valence-electron chi connectivity index (χ4n) is 3.49. The Bertz CT molecular complexity index is 902. The number of hydrogen-bond acceptors (Lipinski definition) is 6. The first kappa shape index (κ1) is 18.9. The van der Waals surface area contributed by atoms with Gasteiger partial charge in [0, 0.05) is 30.1 Å². The molecular formula is C21H23N3O3S. The van der Waals surface area contributed by atoms with Crippen LogP contribution >= 0.6 is 11.3 Å². The lowest BCUT2D eigenvalue weighted by Gasteiger charge is -2.34. The van der Waals surface area contributed by atoms with E-state index in [1.54, 1.807) is 18.3 Å². The third-order valence-electron chi connectivity index (χ3n) is 4.95. The summed E-state index contributed by atoms with van der Waals surface area (Å²) in [4.78, 5) is 16.6. The van der Waals surface area contributed by atoms with Crippen LogP contribution in [0, 0.1) is 6.92 Å². The molecule has 4 rings (SSSR count). The minimum atomic E-state index is -0.160. The lowest BCUT2D eigenvalue weighted by Crippen LogP contribution is -2.43. The summed E-state index contributed by atoms with van der Waals surface area (Å²) in [7, 11) is 0. The third kappa shape index (κ3) is 4.01. The fourth-order valence-corrected chi connectivity index (χ4v) is 4.35. The Balaban J connectivity index is 1.52. The Hall–Kier alpha value is -2.48. The second-order valence-corrected chi connectivity index (χ2v) is 7.70. The van der Waals surface area contributed by atoms with Crippen molar-refractivity contribution < 1.29 is 14.1 Å². The van der Waals surface area contributed by atoms with E-state index in [-0.39, 0.29) is 11.9 Å². The molecule has 7 heteroatoms. The molecule has 1 aliphatic rings. The topological polar surface area (TPSA) is 67.6 Å². The molecule has 1 aromatic carbocycles. The second-order valence-electron chi connectivity index (χ2n) is 6.72. The van der Waals surface area contributed by atoms with Gasteiger partial charge in [0.2, 0.25) is 0 Å². The molecule has 1 fully saturated rings. The number of aryl methyl sites for hydroxylation is 1. The molecule has 3 aromatic rings. The van der Waals surface area contributed by atoms with Crippen LogP contribution in [0.5, 0.6) is 0 Å². The highest BCUT2D eigenvalue weighted by molar-refractivity contribution is 7.10. The smallest absolute Gasteiger partial charge is 0.257 e. The van der Waals surface area contributed by atoms with Gasteiger partial charge in [-0.1, -0.05) is 41.6 Å². The van der Waals surface area contributed by atoms with Gasteiger partial charge >= 0.3 is 0 Å². The quantitative estimate of drug-likeness (QED) is 0.689. The summed E-state index contributed by atoms with van der Waals surface area (Å²) < 4.78 is 10.8. The van der Waals surface area contributed by atoms with Crippen LogP contribution in [-0.2, 0) is 4.74 Å². The van der Waals surface area contributed by atoms with Crippen LogP contribution in [0.2, 0.25) is 0 Å². The van der Waals surface area contributed by atoms with Crippen molar-refractivity contribution in [3.63, 3.8) is 0 Å². The lowest BCUT2D eigenvalue weighted by atomic mass is 10.1. The lowest BCUT2D eigenvalue weighted by molar-refractivity contribution is 0.0169. The molecule has 1 atom stereocenters. The van der Waals surface area contributed by atoms with Crippen LogP contribution < -0.4 is 5.32 Å². The average molecular weight is 398 g/mol. The Kier molecular flexibility index (Phi) is 5.85. The van der Waals surface area contributed by atoms with Crippen molar-refractivity contribution in [2.75, 3.05) is 32.8 Å². The van der Waals surface area contributed by atoms with Crippen LogP contribution in [-0.4, -0.2) is 48.8 Å². The molecule has 0 bridgehead atoms. The zero-order valence-electron chi connectivity index (χ0n) is 15.8. The summed E-state index contributed by atoms with van der Waals surface area (Å²) in [6, 6.07) is 13.9. The molecule has 2 aromatic heterocycles. The van der Waals surface area contributed by atoms with Gasteiger partial charge < -0.3 is 14.6 Å². The number of thiophene rings is 1. The summed E-state index contributed by atoms with van der Waals surface area (Å²) in [6.07, 6.45) is 0. The number of rotatable bonds is 6. The number of amides is 1. The van der Waals surface area contributed by atoms with Crippen molar-refractivity contribution in [1.82, 2.24) is 15.4 Å². The molecule has 1 amide bonds. The van der Waals surface area contributed by atoms with Gasteiger partial charge in [0.25, 0.3) is 5.91 Å². The minimum absolute atomic E-state index is 0.133. The molecule has 6 nitrogen and oxygen atoms in total. The van der Waals surface area contributed by atoms with Gasteiger partial charge in [0.1, 0.15) is 17.0 Å². The maximum Gasteiger partial charge on any atom is 0.257 e. The molecule has 1 aliphatic heterocycles. The molecule has 0 saturated carbocycles. The number of hydrogen-bond donors (Lipinski definition) is 1. The van der Waals surface area contributed by atoms with Crippen molar-refractivity contribution in [3.05, 3.63) is 64.0 Å². The van der Waals surface area contributed by atoms with Crippen molar-refractivity contribution in [2.45, 2.75) is 13.0 Å². The highest BCUT2D eigenvalue weighted by atomic mass is 32.1. The third-order valence-corrected chi connectivity index (χ3v) is 5.92. The predicted molar refractivity (Wildman–Crippen MR) is 108 cm³/mol. The Morgan fingerprint density at radius 1 is 1.21 bits per heavy atom. The van der Waals surface area contributed by atoms with Gasteiger partial charge in [-0.15, -0.1) is 11.3 Å². The summed E-state index contributed by atoms with van der Waals surface area (Å²) in [5.41, 5.74) is 1.94. The number of benzene rings is 1. The molecule has 0 aliphatic carbocycles. The number of carbonyl (C=O) groups is 1. The number of aromatic nitrogens is 1. The first-order chi connectivity index (χ1) is 13.7. The molecule has 3 heterocycles. The highest BCUT2D eigenvalue weighted by Gasteiger charge is 2.26. The number of nitrogens with zero attached hydrogens (tertiary/aromatic N) is 2. The van der Waals surface area contributed by atoms with Gasteiger partial charge in [-0.05, 0) is 18.4 Å². The van der Waals surface area contributed by atoms with E-state index < -0.39 is 0 Å². The normalized spacial score (nSPS) is 16.0. The number of morpholine rings is 1. The Morgan fingerprint density at radius 2 is 2.00 bits per heavy atom. The minimum Gasteiger partial charge on any atom is -0.379 e. The fraction of sp³-hybridized carbons (Fsp3) is 0.333. The van der Waals surface area contributed by atoms with Gasteiger partial charge in [-0.3, -0.25) is 9.69 Å². The average Bonchev–Trinajstić information content (AvgIpc) is 3.39. The molecule has 0 radical (unpaired) electrons. The van der Waals surface area contributed by atoms with Crippen LogP contribution in [0.1, 0.15) is 27.0 Å². The summed E-state index contributed by atoms with van der Waals surface area (Å²) >= 11 is 1.71. The van der Waals surface area contributed by atoms with E-state index in [4.69, 9.17) is 9.26 Å². The van der Waals surface area contributed by atoms with Crippen molar-refractivity contribution in [1.29, 1.82) is 0 Å². The molecule has 28 heavy (non-hydrogen) atoms. The SMILES string of the molecule is Cc1onc(-c2ccccc2)c1C(=O)NCC(c1cccs1)N1CCOCC1. The van der Waals surface area contributed by atoms with E-state index in [0.29, 0.717) is 23.6 Å². The Labute approximate surface area is 168 Å².